The molecule has 1 heterocycles. The van der Waals surface area contributed by atoms with Gasteiger partial charge in [-0.1, -0.05) is 0 Å². The lowest BCUT2D eigenvalue weighted by atomic mass is 10.1. The SMILES string of the molecule is C[C@H](CC(=O)O)NCc1cc([N+](=O)[O-])cc2[nH]c(=O)c(=O)[nH]c12. The normalized spacial score (nSPS) is 12.2. The number of benzene rings is 1. The van der Waals surface area contributed by atoms with E-state index in [1.54, 1.807) is 6.92 Å². The molecule has 10 heteroatoms. The summed E-state index contributed by atoms with van der Waals surface area (Å²) in [6, 6.07) is 2.03. The van der Waals surface area contributed by atoms with Crippen LogP contribution in [0, 0.1) is 10.1 Å². The van der Waals surface area contributed by atoms with Gasteiger partial charge in [0.05, 0.1) is 22.4 Å². The Kier molecular flexibility index (Phi) is 4.55. The Morgan fingerprint density at radius 3 is 2.61 bits per heavy atom. The number of aliphatic carboxylic acids is 1. The van der Waals surface area contributed by atoms with E-state index in [0.717, 1.165) is 6.07 Å². The number of carboxylic acids is 1. The number of nitro benzene ring substituents is 1. The third-order valence-corrected chi connectivity index (χ3v) is 3.23. The Bertz CT molecular complexity index is 884. The fourth-order valence-corrected chi connectivity index (χ4v) is 2.14. The van der Waals surface area contributed by atoms with Gasteiger partial charge in [0.15, 0.2) is 0 Å². The van der Waals surface area contributed by atoms with Gasteiger partial charge in [-0.3, -0.25) is 24.5 Å². The minimum Gasteiger partial charge on any atom is -0.481 e. The third-order valence-electron chi connectivity index (χ3n) is 3.23. The average molecular weight is 322 g/mol. The largest absolute Gasteiger partial charge is 0.481 e. The number of nitro groups is 1. The van der Waals surface area contributed by atoms with E-state index < -0.39 is 22.0 Å². The van der Waals surface area contributed by atoms with Crippen LogP contribution >= 0.6 is 0 Å². The topological polar surface area (TPSA) is 158 Å². The van der Waals surface area contributed by atoms with E-state index in [-0.39, 0.29) is 35.7 Å². The van der Waals surface area contributed by atoms with Crippen molar-refractivity contribution in [2.75, 3.05) is 0 Å². The van der Waals surface area contributed by atoms with E-state index in [0.29, 0.717) is 5.56 Å². The van der Waals surface area contributed by atoms with E-state index in [9.17, 15) is 24.5 Å². The van der Waals surface area contributed by atoms with Crippen LogP contribution in [0.15, 0.2) is 21.7 Å². The second-order valence-corrected chi connectivity index (χ2v) is 5.07. The predicted molar refractivity (Wildman–Crippen MR) is 80.4 cm³/mol. The first kappa shape index (κ1) is 16.4. The van der Waals surface area contributed by atoms with Gasteiger partial charge < -0.3 is 20.4 Å². The molecule has 0 aliphatic carbocycles. The summed E-state index contributed by atoms with van der Waals surface area (Å²) in [7, 11) is 0. The summed E-state index contributed by atoms with van der Waals surface area (Å²) >= 11 is 0. The van der Waals surface area contributed by atoms with Crippen molar-refractivity contribution in [2.45, 2.75) is 25.9 Å². The number of carboxylic acid groups (broad SMARTS) is 1. The Balaban J connectivity index is 2.45. The summed E-state index contributed by atoms with van der Waals surface area (Å²) in [6.45, 7) is 1.74. The van der Waals surface area contributed by atoms with Crippen LogP contribution in [0.4, 0.5) is 5.69 Å². The molecule has 0 bridgehead atoms. The van der Waals surface area contributed by atoms with E-state index in [1.807, 2.05) is 0 Å². The Morgan fingerprint density at radius 2 is 2.00 bits per heavy atom. The molecule has 2 aromatic rings. The number of non-ortho nitro benzene ring substituents is 1. The first-order chi connectivity index (χ1) is 10.8. The molecule has 122 valence electrons. The van der Waals surface area contributed by atoms with Crippen LogP contribution in [0.2, 0.25) is 0 Å². The molecular formula is C13H14N4O6. The molecule has 0 aliphatic rings. The highest BCUT2D eigenvalue weighted by Gasteiger charge is 2.15. The van der Waals surface area contributed by atoms with Crippen molar-refractivity contribution in [3.8, 4) is 0 Å². The van der Waals surface area contributed by atoms with E-state index in [4.69, 9.17) is 5.11 Å². The summed E-state index contributed by atoms with van der Waals surface area (Å²) in [6.07, 6.45) is -0.125. The predicted octanol–water partition coefficient (Wildman–Crippen LogP) is 0.0774. The molecule has 10 nitrogen and oxygen atoms in total. The number of aromatic nitrogens is 2. The molecule has 2 rings (SSSR count). The molecule has 0 fully saturated rings. The van der Waals surface area contributed by atoms with Gasteiger partial charge in [-0.15, -0.1) is 0 Å². The van der Waals surface area contributed by atoms with E-state index >= 15 is 0 Å². The first-order valence-corrected chi connectivity index (χ1v) is 6.66. The van der Waals surface area contributed by atoms with Gasteiger partial charge in [0.2, 0.25) is 0 Å². The lowest BCUT2D eigenvalue weighted by Gasteiger charge is -2.12. The maximum Gasteiger partial charge on any atom is 0.314 e. The lowest BCUT2D eigenvalue weighted by Crippen LogP contribution is -2.31. The molecule has 0 unspecified atom stereocenters. The monoisotopic (exact) mass is 322 g/mol. The van der Waals surface area contributed by atoms with Crippen LogP contribution in [0.3, 0.4) is 0 Å². The lowest BCUT2D eigenvalue weighted by molar-refractivity contribution is -0.384. The number of nitrogens with zero attached hydrogens (tertiary/aromatic N) is 1. The number of hydrogen-bond acceptors (Lipinski definition) is 6. The van der Waals surface area contributed by atoms with Gasteiger partial charge in [0.25, 0.3) is 5.69 Å². The number of fused-ring (bicyclic) bond motifs is 1. The minimum absolute atomic E-state index is 0.0919. The van der Waals surface area contributed by atoms with Crippen molar-refractivity contribution in [2.24, 2.45) is 0 Å². The van der Waals surface area contributed by atoms with Crippen molar-refractivity contribution in [3.63, 3.8) is 0 Å². The fraction of sp³-hybridized carbons (Fsp3) is 0.308. The number of hydrogen-bond donors (Lipinski definition) is 4. The highest BCUT2D eigenvalue weighted by molar-refractivity contribution is 5.80. The maximum atomic E-state index is 11.5. The summed E-state index contributed by atoms with van der Waals surface area (Å²) in [4.78, 5) is 48.5. The van der Waals surface area contributed by atoms with Gasteiger partial charge in [0, 0.05) is 24.7 Å². The highest BCUT2D eigenvalue weighted by atomic mass is 16.6. The Morgan fingerprint density at radius 1 is 1.35 bits per heavy atom. The van der Waals surface area contributed by atoms with Crippen LogP contribution in [-0.2, 0) is 11.3 Å². The fourth-order valence-electron chi connectivity index (χ4n) is 2.14. The second-order valence-electron chi connectivity index (χ2n) is 5.07. The van der Waals surface area contributed by atoms with Gasteiger partial charge in [-0.25, -0.2) is 0 Å². The van der Waals surface area contributed by atoms with Crippen molar-refractivity contribution in [3.05, 3.63) is 48.5 Å². The molecule has 23 heavy (non-hydrogen) atoms. The molecular weight excluding hydrogens is 308 g/mol. The number of carbonyl (C=O) groups is 1. The summed E-state index contributed by atoms with van der Waals surface area (Å²) in [5.41, 5.74) is -1.26. The molecule has 0 saturated carbocycles. The molecule has 1 atom stereocenters. The van der Waals surface area contributed by atoms with Crippen LogP contribution in [0.5, 0.6) is 0 Å². The Labute approximate surface area is 128 Å². The number of aromatic amines is 2. The average Bonchev–Trinajstić information content (AvgIpc) is 2.45. The van der Waals surface area contributed by atoms with Crippen molar-refractivity contribution >= 4 is 22.7 Å². The molecule has 0 amide bonds. The zero-order valence-corrected chi connectivity index (χ0v) is 12.1. The molecule has 0 spiro atoms. The molecule has 0 radical (unpaired) electrons. The van der Waals surface area contributed by atoms with Crippen LogP contribution < -0.4 is 16.4 Å². The molecule has 1 aromatic carbocycles. The smallest absolute Gasteiger partial charge is 0.314 e. The Hall–Kier alpha value is -3.01. The number of H-pyrrole nitrogens is 2. The van der Waals surface area contributed by atoms with Crippen LogP contribution in [0.25, 0.3) is 11.0 Å². The van der Waals surface area contributed by atoms with E-state index in [1.165, 1.54) is 6.07 Å². The van der Waals surface area contributed by atoms with Crippen molar-refractivity contribution in [1.29, 1.82) is 0 Å². The van der Waals surface area contributed by atoms with Gasteiger partial charge in [0.1, 0.15) is 0 Å². The standard InChI is InChI=1S/C13H14N4O6/c1-6(2-10(18)19)14-5-7-3-8(17(22)23)4-9-11(7)16-13(21)12(20)15-9/h3-4,6,14H,2,5H2,1H3,(H,15,20)(H,16,21)(H,18,19)/t6-/m1/s1. The van der Waals surface area contributed by atoms with Gasteiger partial charge in [-0.2, -0.15) is 0 Å². The first-order valence-electron chi connectivity index (χ1n) is 6.66. The van der Waals surface area contributed by atoms with Crippen LogP contribution in [-0.4, -0.2) is 32.0 Å². The van der Waals surface area contributed by atoms with Gasteiger partial charge in [-0.05, 0) is 12.5 Å². The van der Waals surface area contributed by atoms with Crippen molar-refractivity contribution in [1.82, 2.24) is 15.3 Å². The summed E-state index contributed by atoms with van der Waals surface area (Å²) in [5.74, 6) is -0.980. The van der Waals surface area contributed by atoms with Gasteiger partial charge >= 0.3 is 17.1 Å². The van der Waals surface area contributed by atoms with Crippen LogP contribution in [0.1, 0.15) is 18.9 Å². The third kappa shape index (κ3) is 3.80. The molecule has 0 aliphatic heterocycles. The second kappa shape index (κ2) is 6.40. The zero-order chi connectivity index (χ0) is 17.1. The summed E-state index contributed by atoms with van der Waals surface area (Å²) in [5, 5.41) is 22.6. The summed E-state index contributed by atoms with van der Waals surface area (Å²) < 4.78 is 0. The highest BCUT2D eigenvalue weighted by Crippen LogP contribution is 2.21. The maximum absolute atomic E-state index is 11.5. The van der Waals surface area contributed by atoms with E-state index in [2.05, 4.69) is 15.3 Å². The number of nitrogens with one attached hydrogen (secondary N) is 3. The quantitative estimate of drug-likeness (QED) is 0.333. The zero-order valence-electron chi connectivity index (χ0n) is 12.1. The minimum atomic E-state index is -0.980. The van der Waals surface area contributed by atoms with Crippen molar-refractivity contribution < 1.29 is 14.8 Å². The number of rotatable bonds is 6. The molecule has 0 saturated heterocycles. The molecule has 4 N–H and O–H groups in total. The molecule has 1 aromatic heterocycles.